The molecule has 2 rings (SSSR count). The van der Waals surface area contributed by atoms with E-state index in [1.165, 1.54) is 17.7 Å². The van der Waals surface area contributed by atoms with Crippen molar-refractivity contribution in [1.82, 2.24) is 5.32 Å². The molecule has 2 heteroatoms. The molecule has 1 atom stereocenters. The fourth-order valence-electron chi connectivity index (χ4n) is 3.03. The molecule has 0 radical (unpaired) electrons. The first kappa shape index (κ1) is 14.4. The number of nitrogens with zero attached hydrogens (tertiary/aromatic N) is 1. The average Bonchev–Trinajstić information content (AvgIpc) is 2.63. The first-order valence-corrected chi connectivity index (χ1v) is 7.29. The zero-order valence-electron chi connectivity index (χ0n) is 13.2. The van der Waals surface area contributed by atoms with Crippen LogP contribution >= 0.6 is 0 Å². The highest BCUT2D eigenvalue weighted by Gasteiger charge is 2.37. The highest BCUT2D eigenvalue weighted by Crippen LogP contribution is 2.34. The van der Waals surface area contributed by atoms with Gasteiger partial charge < -0.3 is 10.2 Å². The van der Waals surface area contributed by atoms with Gasteiger partial charge in [0.25, 0.3) is 0 Å². The second-order valence-electron chi connectivity index (χ2n) is 7.41. The molecule has 0 bridgehead atoms. The van der Waals surface area contributed by atoms with Gasteiger partial charge in [0, 0.05) is 23.8 Å². The van der Waals surface area contributed by atoms with Crippen LogP contribution in [0.4, 0.5) is 5.69 Å². The van der Waals surface area contributed by atoms with Crippen molar-refractivity contribution < 1.29 is 0 Å². The van der Waals surface area contributed by atoms with Crippen LogP contribution in [-0.4, -0.2) is 25.2 Å². The van der Waals surface area contributed by atoms with Crippen molar-refractivity contribution in [3.8, 4) is 0 Å². The Bertz CT molecular complexity index is 426. The minimum Gasteiger partial charge on any atom is -0.365 e. The third-order valence-corrected chi connectivity index (χ3v) is 4.33. The lowest BCUT2D eigenvalue weighted by Crippen LogP contribution is -2.38. The summed E-state index contributed by atoms with van der Waals surface area (Å²) in [5.74, 6) is 0. The molecule has 19 heavy (non-hydrogen) atoms. The molecule has 1 N–H and O–H groups in total. The first-order chi connectivity index (χ1) is 8.74. The van der Waals surface area contributed by atoms with E-state index in [9.17, 15) is 0 Å². The van der Waals surface area contributed by atoms with Gasteiger partial charge in [0.15, 0.2) is 0 Å². The summed E-state index contributed by atoms with van der Waals surface area (Å²) in [6.45, 7) is 12.6. The van der Waals surface area contributed by atoms with E-state index in [1.54, 1.807) is 0 Å². The summed E-state index contributed by atoms with van der Waals surface area (Å²) in [5, 5.41) is 3.41. The van der Waals surface area contributed by atoms with E-state index >= 15 is 0 Å². The van der Waals surface area contributed by atoms with Gasteiger partial charge >= 0.3 is 0 Å². The van der Waals surface area contributed by atoms with Gasteiger partial charge in [0.2, 0.25) is 0 Å². The van der Waals surface area contributed by atoms with E-state index < -0.39 is 0 Å². The normalized spacial score (nSPS) is 22.8. The van der Waals surface area contributed by atoms with Crippen molar-refractivity contribution in [1.29, 1.82) is 0 Å². The molecule has 1 aliphatic heterocycles. The Labute approximate surface area is 118 Å². The summed E-state index contributed by atoms with van der Waals surface area (Å²) < 4.78 is 0. The monoisotopic (exact) mass is 260 g/mol. The fourth-order valence-corrected chi connectivity index (χ4v) is 3.03. The van der Waals surface area contributed by atoms with Gasteiger partial charge in [-0.3, -0.25) is 0 Å². The first-order valence-electron chi connectivity index (χ1n) is 7.29. The van der Waals surface area contributed by atoms with Gasteiger partial charge in [-0.25, -0.2) is 0 Å². The van der Waals surface area contributed by atoms with Crippen LogP contribution in [0, 0.1) is 0 Å². The Hall–Kier alpha value is -1.02. The van der Waals surface area contributed by atoms with Gasteiger partial charge in [-0.05, 0) is 50.4 Å². The summed E-state index contributed by atoms with van der Waals surface area (Å²) in [7, 11) is 2.06. The summed E-state index contributed by atoms with van der Waals surface area (Å²) in [5.41, 5.74) is 3.21. The van der Waals surface area contributed by atoms with E-state index in [2.05, 4.69) is 76.1 Å². The molecule has 1 heterocycles. The maximum atomic E-state index is 3.41. The van der Waals surface area contributed by atoms with Crippen LogP contribution in [0.2, 0.25) is 0 Å². The van der Waals surface area contributed by atoms with Gasteiger partial charge in [-0.1, -0.05) is 32.9 Å². The van der Waals surface area contributed by atoms with Crippen molar-refractivity contribution in [3.05, 3.63) is 29.8 Å². The standard InChI is InChI=1S/C17H28N2/c1-16(2,3)13-7-9-15(10-8-13)19-12-14(18-6)11-17(19,4)5/h7-10,14,18H,11-12H2,1-6H3. The molecule has 1 saturated heterocycles. The number of likely N-dealkylation sites (N-methyl/N-ethyl adjacent to an activating group) is 1. The molecule has 1 unspecified atom stereocenters. The van der Waals surface area contributed by atoms with Crippen LogP contribution in [0.15, 0.2) is 24.3 Å². The predicted octanol–water partition coefficient (Wildman–Crippen LogP) is 3.56. The van der Waals surface area contributed by atoms with Gasteiger partial charge in [-0.2, -0.15) is 0 Å². The lowest BCUT2D eigenvalue weighted by Gasteiger charge is -2.34. The van der Waals surface area contributed by atoms with Crippen molar-refractivity contribution in [3.63, 3.8) is 0 Å². The van der Waals surface area contributed by atoms with E-state index in [0.29, 0.717) is 6.04 Å². The van der Waals surface area contributed by atoms with Gasteiger partial charge in [-0.15, -0.1) is 0 Å². The van der Waals surface area contributed by atoms with Crippen LogP contribution in [-0.2, 0) is 5.41 Å². The molecule has 1 aliphatic rings. The fraction of sp³-hybridized carbons (Fsp3) is 0.647. The smallest absolute Gasteiger partial charge is 0.0371 e. The molecule has 1 aromatic carbocycles. The summed E-state index contributed by atoms with van der Waals surface area (Å²) in [4.78, 5) is 2.53. The largest absolute Gasteiger partial charge is 0.365 e. The van der Waals surface area contributed by atoms with Crippen LogP contribution < -0.4 is 10.2 Å². The van der Waals surface area contributed by atoms with Crippen LogP contribution in [0.25, 0.3) is 0 Å². The van der Waals surface area contributed by atoms with Gasteiger partial charge in [0.05, 0.1) is 0 Å². The maximum Gasteiger partial charge on any atom is 0.0371 e. The van der Waals surface area contributed by atoms with E-state index in [-0.39, 0.29) is 11.0 Å². The number of hydrogen-bond acceptors (Lipinski definition) is 2. The van der Waals surface area contributed by atoms with E-state index in [1.807, 2.05) is 0 Å². The number of rotatable bonds is 2. The Morgan fingerprint density at radius 1 is 1.16 bits per heavy atom. The summed E-state index contributed by atoms with van der Waals surface area (Å²) in [6.07, 6.45) is 1.20. The van der Waals surface area contributed by atoms with E-state index in [0.717, 1.165) is 6.54 Å². The molecule has 0 spiro atoms. The quantitative estimate of drug-likeness (QED) is 0.874. The molecular weight excluding hydrogens is 232 g/mol. The lowest BCUT2D eigenvalue weighted by molar-refractivity contribution is 0.487. The lowest BCUT2D eigenvalue weighted by atomic mass is 9.87. The minimum absolute atomic E-state index is 0.229. The number of anilines is 1. The third kappa shape index (κ3) is 2.94. The predicted molar refractivity (Wildman–Crippen MR) is 84.0 cm³/mol. The summed E-state index contributed by atoms with van der Waals surface area (Å²) in [6, 6.07) is 9.70. The minimum atomic E-state index is 0.229. The second-order valence-corrected chi connectivity index (χ2v) is 7.41. The van der Waals surface area contributed by atoms with Crippen LogP contribution in [0.1, 0.15) is 46.6 Å². The number of benzene rings is 1. The molecule has 0 saturated carbocycles. The highest BCUT2D eigenvalue weighted by atomic mass is 15.2. The molecule has 0 amide bonds. The maximum absolute atomic E-state index is 3.41. The van der Waals surface area contributed by atoms with Crippen LogP contribution in [0.3, 0.4) is 0 Å². The topological polar surface area (TPSA) is 15.3 Å². The number of hydrogen-bond donors (Lipinski definition) is 1. The Morgan fingerprint density at radius 3 is 2.16 bits per heavy atom. The highest BCUT2D eigenvalue weighted by molar-refractivity contribution is 5.52. The van der Waals surface area contributed by atoms with Crippen molar-refractivity contribution in [2.45, 2.75) is 58.0 Å². The molecule has 2 nitrogen and oxygen atoms in total. The second kappa shape index (κ2) is 4.82. The molecule has 1 aromatic rings. The van der Waals surface area contributed by atoms with E-state index in [4.69, 9.17) is 0 Å². The number of nitrogens with one attached hydrogen (secondary N) is 1. The zero-order chi connectivity index (χ0) is 14.3. The Morgan fingerprint density at radius 2 is 1.74 bits per heavy atom. The van der Waals surface area contributed by atoms with Crippen molar-refractivity contribution >= 4 is 5.69 Å². The van der Waals surface area contributed by atoms with Crippen molar-refractivity contribution in [2.75, 3.05) is 18.5 Å². The molecule has 1 fully saturated rings. The summed E-state index contributed by atoms with van der Waals surface area (Å²) >= 11 is 0. The average molecular weight is 260 g/mol. The Kier molecular flexibility index (Phi) is 3.65. The zero-order valence-corrected chi connectivity index (χ0v) is 13.2. The molecular formula is C17H28N2. The van der Waals surface area contributed by atoms with Crippen LogP contribution in [0.5, 0.6) is 0 Å². The van der Waals surface area contributed by atoms with Gasteiger partial charge in [0.1, 0.15) is 0 Å². The molecule has 0 aromatic heterocycles. The van der Waals surface area contributed by atoms with Crippen molar-refractivity contribution in [2.24, 2.45) is 0 Å². The SMILES string of the molecule is CNC1CN(c2ccc(C(C)(C)C)cc2)C(C)(C)C1. The molecule has 106 valence electrons. The third-order valence-electron chi connectivity index (χ3n) is 4.33. The molecule has 0 aliphatic carbocycles. The Balaban J connectivity index is 2.23.